The summed E-state index contributed by atoms with van der Waals surface area (Å²) in [4.78, 5) is 15.6. The number of carbonyl (C=O) groups excluding carboxylic acids is 1. The largest absolute Gasteiger partial charge is 0.325 e. The molecule has 0 aromatic heterocycles. The Morgan fingerprint density at radius 1 is 1.07 bits per heavy atom. The molecule has 1 atom stereocenters. The van der Waals surface area contributed by atoms with Gasteiger partial charge in [0.2, 0.25) is 5.91 Å². The summed E-state index contributed by atoms with van der Waals surface area (Å²) in [6.07, 6.45) is 2.02. The average Bonchev–Trinajstić information content (AvgIpc) is 2.75. The van der Waals surface area contributed by atoms with E-state index in [1.54, 1.807) is 0 Å². The second-order valence-electron chi connectivity index (χ2n) is 8.90. The highest BCUT2D eigenvalue weighted by Gasteiger charge is 2.27. The topological polar surface area (TPSA) is 32.3 Å². The lowest BCUT2D eigenvalue weighted by atomic mass is 9.94. The molecule has 1 saturated heterocycles. The summed E-state index contributed by atoms with van der Waals surface area (Å²) < 4.78 is 0. The first-order valence-corrected chi connectivity index (χ1v) is 11.1. The van der Waals surface area contributed by atoms with Crippen molar-refractivity contribution < 1.29 is 4.79 Å². The van der Waals surface area contributed by atoms with Gasteiger partial charge >= 0.3 is 0 Å². The standard InChI is InChI=1S/C27H32N2O/c1-19(2)24-15-6-9-20(3)26(24)28-27(30)23-13-8-16-29(18-23)17-22-12-7-11-21-10-4-5-14-25(21)22/h4-7,9-12,14-15,19,23H,8,13,16-18H2,1-3H3,(H,28,30). The number of benzene rings is 3. The third-order valence-electron chi connectivity index (χ3n) is 6.33. The first-order chi connectivity index (χ1) is 14.5. The number of hydrogen-bond acceptors (Lipinski definition) is 2. The molecule has 0 radical (unpaired) electrons. The first kappa shape index (κ1) is 20.6. The van der Waals surface area contributed by atoms with Crippen LogP contribution in [-0.4, -0.2) is 23.9 Å². The lowest BCUT2D eigenvalue weighted by Gasteiger charge is -2.32. The van der Waals surface area contributed by atoms with Gasteiger partial charge in [0, 0.05) is 18.8 Å². The van der Waals surface area contributed by atoms with Crippen LogP contribution in [0.1, 0.15) is 49.3 Å². The van der Waals surface area contributed by atoms with E-state index >= 15 is 0 Å². The Bertz CT molecular complexity index is 1030. The van der Waals surface area contributed by atoms with Gasteiger partial charge in [-0.2, -0.15) is 0 Å². The van der Waals surface area contributed by atoms with Crippen LogP contribution in [0.15, 0.2) is 60.7 Å². The van der Waals surface area contributed by atoms with E-state index in [0.29, 0.717) is 5.92 Å². The summed E-state index contributed by atoms with van der Waals surface area (Å²) in [6, 6.07) is 21.4. The molecular weight excluding hydrogens is 368 g/mol. The van der Waals surface area contributed by atoms with Crippen LogP contribution in [0.5, 0.6) is 0 Å². The van der Waals surface area contributed by atoms with Crippen LogP contribution in [-0.2, 0) is 11.3 Å². The van der Waals surface area contributed by atoms with E-state index in [1.807, 2.05) is 0 Å². The maximum atomic E-state index is 13.2. The number of aryl methyl sites for hydroxylation is 1. The molecule has 1 fully saturated rings. The summed E-state index contributed by atoms with van der Waals surface area (Å²) in [5.74, 6) is 0.580. The molecule has 1 aliphatic rings. The quantitative estimate of drug-likeness (QED) is 0.559. The van der Waals surface area contributed by atoms with E-state index in [2.05, 4.69) is 91.7 Å². The molecule has 30 heavy (non-hydrogen) atoms. The molecule has 0 saturated carbocycles. The number of hydrogen-bond donors (Lipinski definition) is 1. The van der Waals surface area contributed by atoms with Crippen molar-refractivity contribution in [1.29, 1.82) is 0 Å². The predicted octanol–water partition coefficient (Wildman–Crippen LogP) is 6.12. The molecule has 1 heterocycles. The Labute approximate surface area is 180 Å². The van der Waals surface area contributed by atoms with Crippen molar-refractivity contribution in [2.24, 2.45) is 5.92 Å². The minimum Gasteiger partial charge on any atom is -0.325 e. The van der Waals surface area contributed by atoms with Crippen LogP contribution in [0.3, 0.4) is 0 Å². The lowest BCUT2D eigenvalue weighted by Crippen LogP contribution is -2.40. The van der Waals surface area contributed by atoms with Crippen LogP contribution >= 0.6 is 0 Å². The van der Waals surface area contributed by atoms with Crippen molar-refractivity contribution in [3.05, 3.63) is 77.4 Å². The lowest BCUT2D eigenvalue weighted by molar-refractivity contribution is -0.121. The maximum absolute atomic E-state index is 13.2. The number of nitrogens with zero attached hydrogens (tertiary/aromatic N) is 1. The second kappa shape index (κ2) is 9.01. The molecule has 3 aromatic rings. The van der Waals surface area contributed by atoms with Crippen molar-refractivity contribution in [2.75, 3.05) is 18.4 Å². The molecule has 3 aromatic carbocycles. The highest BCUT2D eigenvalue weighted by atomic mass is 16.1. The number of anilines is 1. The Morgan fingerprint density at radius 3 is 2.67 bits per heavy atom. The molecular formula is C27H32N2O. The summed E-state index contributed by atoms with van der Waals surface area (Å²) in [5.41, 5.74) is 4.70. The van der Waals surface area contributed by atoms with Crippen molar-refractivity contribution in [3.8, 4) is 0 Å². The van der Waals surface area contributed by atoms with Crippen LogP contribution in [0.25, 0.3) is 10.8 Å². The molecule has 4 rings (SSSR count). The van der Waals surface area contributed by atoms with Gasteiger partial charge in [-0.15, -0.1) is 0 Å². The summed E-state index contributed by atoms with van der Waals surface area (Å²) in [6.45, 7) is 9.20. The Hall–Kier alpha value is -2.65. The van der Waals surface area contributed by atoms with Gasteiger partial charge in [0.25, 0.3) is 0 Å². The number of piperidine rings is 1. The molecule has 0 aliphatic carbocycles. The van der Waals surface area contributed by atoms with Crippen LogP contribution in [0, 0.1) is 12.8 Å². The summed E-state index contributed by atoms with van der Waals surface area (Å²) >= 11 is 0. The van der Waals surface area contributed by atoms with Crippen LogP contribution in [0.4, 0.5) is 5.69 Å². The molecule has 1 unspecified atom stereocenters. The third-order valence-corrected chi connectivity index (χ3v) is 6.33. The highest BCUT2D eigenvalue weighted by molar-refractivity contribution is 5.94. The predicted molar refractivity (Wildman–Crippen MR) is 126 cm³/mol. The summed E-state index contributed by atoms with van der Waals surface area (Å²) in [7, 11) is 0. The number of fused-ring (bicyclic) bond motifs is 1. The van der Waals surface area contributed by atoms with E-state index in [1.165, 1.54) is 21.9 Å². The van der Waals surface area contributed by atoms with Gasteiger partial charge in [-0.1, -0.05) is 74.5 Å². The van der Waals surface area contributed by atoms with Gasteiger partial charge in [0.15, 0.2) is 0 Å². The number of para-hydroxylation sites is 1. The van der Waals surface area contributed by atoms with Gasteiger partial charge in [-0.05, 0) is 59.7 Å². The number of likely N-dealkylation sites (tertiary alicyclic amines) is 1. The Morgan fingerprint density at radius 2 is 1.83 bits per heavy atom. The molecule has 1 N–H and O–H groups in total. The molecule has 0 bridgehead atoms. The minimum atomic E-state index is 0.0355. The summed E-state index contributed by atoms with van der Waals surface area (Å²) in [5, 5.41) is 5.87. The van der Waals surface area contributed by atoms with E-state index < -0.39 is 0 Å². The highest BCUT2D eigenvalue weighted by Crippen LogP contribution is 2.29. The first-order valence-electron chi connectivity index (χ1n) is 11.1. The van der Waals surface area contributed by atoms with Crippen molar-refractivity contribution in [2.45, 2.75) is 46.1 Å². The molecule has 156 valence electrons. The fourth-order valence-corrected chi connectivity index (χ4v) is 4.65. The van der Waals surface area contributed by atoms with E-state index in [0.717, 1.165) is 43.7 Å². The van der Waals surface area contributed by atoms with Gasteiger partial charge in [0.1, 0.15) is 0 Å². The minimum absolute atomic E-state index is 0.0355. The monoisotopic (exact) mass is 400 g/mol. The average molecular weight is 401 g/mol. The smallest absolute Gasteiger partial charge is 0.228 e. The van der Waals surface area contributed by atoms with Gasteiger partial charge in [0.05, 0.1) is 5.92 Å². The van der Waals surface area contributed by atoms with Gasteiger partial charge < -0.3 is 5.32 Å². The Balaban J connectivity index is 1.47. The zero-order chi connectivity index (χ0) is 21.1. The number of amides is 1. The zero-order valence-electron chi connectivity index (χ0n) is 18.3. The van der Waals surface area contributed by atoms with Crippen LogP contribution < -0.4 is 5.32 Å². The van der Waals surface area contributed by atoms with Gasteiger partial charge in [-0.3, -0.25) is 9.69 Å². The maximum Gasteiger partial charge on any atom is 0.228 e. The fraction of sp³-hybridized carbons (Fsp3) is 0.370. The SMILES string of the molecule is Cc1cccc(C(C)C)c1NC(=O)C1CCCN(Cc2cccc3ccccc23)C1. The second-order valence-corrected chi connectivity index (χ2v) is 8.90. The van der Waals surface area contributed by atoms with Gasteiger partial charge in [-0.25, -0.2) is 0 Å². The number of carbonyl (C=O) groups is 1. The normalized spacial score (nSPS) is 17.4. The zero-order valence-corrected chi connectivity index (χ0v) is 18.3. The molecule has 3 nitrogen and oxygen atoms in total. The molecule has 1 amide bonds. The molecule has 3 heteroatoms. The van der Waals surface area contributed by atoms with E-state index in [9.17, 15) is 4.79 Å². The van der Waals surface area contributed by atoms with E-state index in [-0.39, 0.29) is 11.8 Å². The Kier molecular flexibility index (Phi) is 6.19. The fourth-order valence-electron chi connectivity index (χ4n) is 4.65. The number of rotatable bonds is 5. The molecule has 1 aliphatic heterocycles. The van der Waals surface area contributed by atoms with Crippen molar-refractivity contribution >= 4 is 22.4 Å². The van der Waals surface area contributed by atoms with Crippen molar-refractivity contribution in [1.82, 2.24) is 4.90 Å². The van der Waals surface area contributed by atoms with E-state index in [4.69, 9.17) is 0 Å². The molecule has 0 spiro atoms. The number of nitrogens with one attached hydrogen (secondary N) is 1. The van der Waals surface area contributed by atoms with Crippen LogP contribution in [0.2, 0.25) is 0 Å². The third kappa shape index (κ3) is 4.41. The van der Waals surface area contributed by atoms with Crippen molar-refractivity contribution in [3.63, 3.8) is 0 Å².